The molecule has 0 fully saturated rings. The summed E-state index contributed by atoms with van der Waals surface area (Å²) in [7, 11) is 0. The van der Waals surface area contributed by atoms with E-state index in [0.29, 0.717) is 35.4 Å². The van der Waals surface area contributed by atoms with Crippen molar-refractivity contribution in [1.82, 2.24) is 10.6 Å². The molecule has 0 aromatic heterocycles. The lowest BCUT2D eigenvalue weighted by atomic mass is 10.0. The molecule has 6 heteroatoms. The fourth-order valence-electron chi connectivity index (χ4n) is 2.39. The average molecular weight is 331 g/mol. The van der Waals surface area contributed by atoms with Crippen molar-refractivity contribution in [2.24, 2.45) is 0 Å². The highest BCUT2D eigenvalue weighted by molar-refractivity contribution is 6.35. The molecule has 0 aliphatic carbocycles. The molecule has 1 unspecified atom stereocenters. The van der Waals surface area contributed by atoms with Gasteiger partial charge in [0.1, 0.15) is 5.75 Å². The van der Waals surface area contributed by atoms with Crippen LogP contribution < -0.4 is 15.4 Å². The molecule has 1 atom stereocenters. The van der Waals surface area contributed by atoms with Crippen LogP contribution >= 0.6 is 23.2 Å². The molecule has 116 valence electrons. The Morgan fingerprint density at radius 2 is 2.19 bits per heavy atom. The van der Waals surface area contributed by atoms with Gasteiger partial charge in [0.05, 0.1) is 11.6 Å². The number of ether oxygens (including phenoxy) is 1. The molecule has 0 radical (unpaired) electrons. The first kappa shape index (κ1) is 16.4. The Labute approximate surface area is 135 Å². The number of benzene rings is 1. The SMILES string of the molecule is CC(C)NC(=O)CCNC1CCOc2c(Cl)cc(Cl)cc21. The van der Waals surface area contributed by atoms with Crippen molar-refractivity contribution in [1.29, 1.82) is 0 Å². The van der Waals surface area contributed by atoms with Crippen molar-refractivity contribution >= 4 is 29.1 Å². The fourth-order valence-corrected chi connectivity index (χ4v) is 2.96. The lowest BCUT2D eigenvalue weighted by Crippen LogP contribution is -2.34. The second kappa shape index (κ2) is 7.34. The van der Waals surface area contributed by atoms with Gasteiger partial charge in [-0.1, -0.05) is 23.2 Å². The first-order chi connectivity index (χ1) is 9.97. The Morgan fingerprint density at radius 1 is 1.43 bits per heavy atom. The topological polar surface area (TPSA) is 50.4 Å². The average Bonchev–Trinajstić information content (AvgIpc) is 2.38. The molecule has 0 spiro atoms. The monoisotopic (exact) mass is 330 g/mol. The van der Waals surface area contributed by atoms with E-state index in [1.54, 1.807) is 6.07 Å². The first-order valence-electron chi connectivity index (χ1n) is 7.12. The first-order valence-corrected chi connectivity index (χ1v) is 7.87. The van der Waals surface area contributed by atoms with Crippen molar-refractivity contribution < 1.29 is 9.53 Å². The largest absolute Gasteiger partial charge is 0.492 e. The Bertz CT molecular complexity index is 521. The standard InChI is InChI=1S/C15H20Cl2N2O2/c1-9(2)19-14(20)3-5-18-13-4-6-21-15-11(13)7-10(16)8-12(15)17/h7-9,13,18H,3-6H2,1-2H3,(H,19,20). The Morgan fingerprint density at radius 3 is 2.90 bits per heavy atom. The molecular formula is C15H20Cl2N2O2. The van der Waals surface area contributed by atoms with Crippen LogP contribution in [0.1, 0.15) is 38.3 Å². The van der Waals surface area contributed by atoms with Gasteiger partial charge in [0.25, 0.3) is 0 Å². The van der Waals surface area contributed by atoms with E-state index in [2.05, 4.69) is 10.6 Å². The zero-order valence-corrected chi connectivity index (χ0v) is 13.7. The Hall–Kier alpha value is -0.970. The molecule has 2 N–H and O–H groups in total. The van der Waals surface area contributed by atoms with Crippen molar-refractivity contribution in [3.05, 3.63) is 27.7 Å². The van der Waals surface area contributed by atoms with Gasteiger partial charge >= 0.3 is 0 Å². The van der Waals surface area contributed by atoms with Crippen molar-refractivity contribution in [2.75, 3.05) is 13.2 Å². The number of amides is 1. The number of hydrogen-bond donors (Lipinski definition) is 2. The highest BCUT2D eigenvalue weighted by Gasteiger charge is 2.24. The van der Waals surface area contributed by atoms with Crippen LogP contribution in [-0.2, 0) is 4.79 Å². The Kier molecular flexibility index (Phi) is 5.73. The number of fused-ring (bicyclic) bond motifs is 1. The van der Waals surface area contributed by atoms with E-state index in [9.17, 15) is 4.79 Å². The van der Waals surface area contributed by atoms with Gasteiger partial charge in [-0.3, -0.25) is 4.79 Å². The fraction of sp³-hybridized carbons (Fsp3) is 0.533. The van der Waals surface area contributed by atoms with Crippen LogP contribution in [-0.4, -0.2) is 25.1 Å². The van der Waals surface area contributed by atoms with E-state index in [4.69, 9.17) is 27.9 Å². The number of halogens is 2. The highest BCUT2D eigenvalue weighted by atomic mass is 35.5. The minimum Gasteiger partial charge on any atom is -0.492 e. The van der Waals surface area contributed by atoms with E-state index in [-0.39, 0.29) is 18.0 Å². The van der Waals surface area contributed by atoms with Gasteiger partial charge < -0.3 is 15.4 Å². The van der Waals surface area contributed by atoms with Gasteiger partial charge in [-0.2, -0.15) is 0 Å². The second-order valence-corrected chi connectivity index (χ2v) is 6.27. The molecule has 1 amide bonds. The van der Waals surface area contributed by atoms with E-state index in [1.807, 2.05) is 19.9 Å². The van der Waals surface area contributed by atoms with Crippen molar-refractivity contribution in [3.8, 4) is 5.75 Å². The van der Waals surface area contributed by atoms with E-state index in [1.165, 1.54) is 0 Å². The number of carbonyl (C=O) groups excluding carboxylic acids is 1. The predicted octanol–water partition coefficient (Wildman–Crippen LogP) is 3.32. The third-order valence-corrected chi connectivity index (χ3v) is 3.76. The normalized spacial score (nSPS) is 17.3. The summed E-state index contributed by atoms with van der Waals surface area (Å²) in [6, 6.07) is 3.82. The molecule has 0 bridgehead atoms. The van der Waals surface area contributed by atoms with Crippen LogP contribution in [0.3, 0.4) is 0 Å². The molecule has 21 heavy (non-hydrogen) atoms. The summed E-state index contributed by atoms with van der Waals surface area (Å²) in [4.78, 5) is 11.6. The van der Waals surface area contributed by atoms with Gasteiger partial charge in [-0.25, -0.2) is 0 Å². The van der Waals surface area contributed by atoms with E-state index in [0.717, 1.165) is 12.0 Å². The zero-order chi connectivity index (χ0) is 15.4. The molecule has 4 nitrogen and oxygen atoms in total. The summed E-state index contributed by atoms with van der Waals surface area (Å²) in [5, 5.41) is 7.37. The molecule has 1 heterocycles. The molecule has 1 aliphatic heterocycles. The minimum atomic E-state index is 0.0499. The molecule has 1 aromatic carbocycles. The second-order valence-electron chi connectivity index (χ2n) is 5.42. The number of nitrogens with one attached hydrogen (secondary N) is 2. The summed E-state index contributed by atoms with van der Waals surface area (Å²) in [6.45, 7) is 5.10. The minimum absolute atomic E-state index is 0.0499. The molecule has 1 aliphatic rings. The Balaban J connectivity index is 1.96. The number of rotatable bonds is 5. The summed E-state index contributed by atoms with van der Waals surface area (Å²) in [5.74, 6) is 0.741. The third-order valence-electron chi connectivity index (χ3n) is 3.26. The van der Waals surface area contributed by atoms with Gasteiger partial charge in [0.2, 0.25) is 5.91 Å². The van der Waals surface area contributed by atoms with Crippen LogP contribution in [0.25, 0.3) is 0 Å². The van der Waals surface area contributed by atoms with Crippen molar-refractivity contribution in [3.63, 3.8) is 0 Å². The molecule has 2 rings (SSSR count). The third kappa shape index (κ3) is 4.50. The summed E-state index contributed by atoms with van der Waals surface area (Å²) in [6.07, 6.45) is 1.27. The lowest BCUT2D eigenvalue weighted by Gasteiger charge is -2.27. The summed E-state index contributed by atoms with van der Waals surface area (Å²) >= 11 is 12.2. The highest BCUT2D eigenvalue weighted by Crippen LogP contribution is 2.39. The maximum absolute atomic E-state index is 11.6. The van der Waals surface area contributed by atoms with Gasteiger partial charge in [-0.15, -0.1) is 0 Å². The lowest BCUT2D eigenvalue weighted by molar-refractivity contribution is -0.121. The quantitative estimate of drug-likeness (QED) is 0.870. The smallest absolute Gasteiger partial charge is 0.221 e. The van der Waals surface area contributed by atoms with Gasteiger partial charge in [0, 0.05) is 42.1 Å². The van der Waals surface area contributed by atoms with Crippen LogP contribution in [0.15, 0.2) is 12.1 Å². The number of carbonyl (C=O) groups is 1. The molecule has 0 saturated carbocycles. The molecule has 1 aromatic rings. The van der Waals surface area contributed by atoms with E-state index >= 15 is 0 Å². The maximum Gasteiger partial charge on any atom is 0.221 e. The maximum atomic E-state index is 11.6. The van der Waals surface area contributed by atoms with Crippen LogP contribution in [0.5, 0.6) is 5.75 Å². The van der Waals surface area contributed by atoms with E-state index < -0.39 is 0 Å². The van der Waals surface area contributed by atoms with Crippen molar-refractivity contribution in [2.45, 2.75) is 38.8 Å². The number of hydrogen-bond acceptors (Lipinski definition) is 3. The van der Waals surface area contributed by atoms with Gasteiger partial charge in [0.15, 0.2) is 0 Å². The molecule has 0 saturated heterocycles. The van der Waals surface area contributed by atoms with Crippen LogP contribution in [0, 0.1) is 0 Å². The summed E-state index contributed by atoms with van der Waals surface area (Å²) in [5.41, 5.74) is 0.961. The van der Waals surface area contributed by atoms with Crippen LogP contribution in [0.4, 0.5) is 0 Å². The van der Waals surface area contributed by atoms with Gasteiger partial charge in [-0.05, 0) is 26.0 Å². The predicted molar refractivity (Wildman–Crippen MR) is 85.2 cm³/mol. The van der Waals surface area contributed by atoms with Crippen LogP contribution in [0.2, 0.25) is 10.0 Å². The molecular weight excluding hydrogens is 311 g/mol. The summed E-state index contributed by atoms with van der Waals surface area (Å²) < 4.78 is 5.61. The zero-order valence-electron chi connectivity index (χ0n) is 12.2.